The van der Waals surface area contributed by atoms with Gasteiger partial charge >= 0.3 is 0 Å². The molecule has 0 aliphatic carbocycles. The second-order valence-electron chi connectivity index (χ2n) is 5.03. The van der Waals surface area contributed by atoms with Gasteiger partial charge in [0.1, 0.15) is 5.78 Å². The van der Waals surface area contributed by atoms with Gasteiger partial charge in [0.15, 0.2) is 0 Å². The van der Waals surface area contributed by atoms with Crippen molar-refractivity contribution in [1.82, 2.24) is 0 Å². The molecule has 0 aromatic heterocycles. The molecule has 0 aliphatic rings. The van der Waals surface area contributed by atoms with E-state index < -0.39 is 0 Å². The summed E-state index contributed by atoms with van der Waals surface area (Å²) in [6, 6.07) is 10.3. The predicted octanol–water partition coefficient (Wildman–Crippen LogP) is 4.75. The molecule has 100 valence electrons. The van der Waals surface area contributed by atoms with Crippen LogP contribution < -0.4 is 0 Å². The topological polar surface area (TPSA) is 17.1 Å². The molecule has 1 aromatic carbocycles. The van der Waals surface area contributed by atoms with Gasteiger partial charge in [0.25, 0.3) is 0 Å². The van der Waals surface area contributed by atoms with Crippen LogP contribution in [0.25, 0.3) is 0 Å². The average molecular weight is 246 g/mol. The minimum Gasteiger partial charge on any atom is -0.298 e. The van der Waals surface area contributed by atoms with Crippen LogP contribution >= 0.6 is 0 Å². The molecule has 0 aliphatic heterocycles. The fourth-order valence-corrected chi connectivity index (χ4v) is 2.96. The van der Waals surface area contributed by atoms with Gasteiger partial charge in [-0.2, -0.15) is 0 Å². The first kappa shape index (κ1) is 14.9. The molecule has 0 atom stereocenters. The highest BCUT2D eigenvalue weighted by Crippen LogP contribution is 2.36. The van der Waals surface area contributed by atoms with Crippen LogP contribution in [0.1, 0.15) is 58.9 Å². The van der Waals surface area contributed by atoms with E-state index in [1.807, 2.05) is 18.2 Å². The molecule has 0 N–H and O–H groups in total. The highest BCUT2D eigenvalue weighted by Gasteiger charge is 2.39. The van der Waals surface area contributed by atoms with Crippen molar-refractivity contribution < 1.29 is 4.79 Å². The molecule has 0 unspecified atom stereocenters. The first-order valence-electron chi connectivity index (χ1n) is 7.26. The molecule has 1 rings (SSSR count). The number of Topliss-reactive ketones (excluding diaryl/α,β-unsaturated/α-hetero) is 1. The van der Waals surface area contributed by atoms with Crippen LogP contribution in [0.4, 0.5) is 0 Å². The lowest BCUT2D eigenvalue weighted by Gasteiger charge is -2.34. The summed E-state index contributed by atoms with van der Waals surface area (Å²) in [4.78, 5) is 12.9. The summed E-state index contributed by atoms with van der Waals surface area (Å²) in [5.74, 6) is 0.633. The maximum absolute atomic E-state index is 12.9. The Hall–Kier alpha value is -1.11. The van der Waals surface area contributed by atoms with Gasteiger partial charge in [-0.3, -0.25) is 4.79 Å². The van der Waals surface area contributed by atoms with Crippen molar-refractivity contribution in [2.45, 2.75) is 58.8 Å². The summed E-state index contributed by atoms with van der Waals surface area (Å²) in [7, 11) is 0. The van der Waals surface area contributed by atoms with Crippen LogP contribution in [0.2, 0.25) is 0 Å². The molecule has 0 amide bonds. The summed E-state index contributed by atoms with van der Waals surface area (Å²) < 4.78 is 0. The Balaban J connectivity index is 3.19. The number of carbonyl (C=O) groups is 1. The molecular formula is C17H26O. The third-order valence-corrected chi connectivity index (χ3v) is 4.36. The zero-order valence-corrected chi connectivity index (χ0v) is 12.2. The maximum atomic E-state index is 12.9. The second kappa shape index (κ2) is 6.72. The molecule has 1 aromatic rings. The molecule has 1 nitrogen and oxygen atoms in total. The lowest BCUT2D eigenvalue weighted by atomic mass is 9.68. The highest BCUT2D eigenvalue weighted by atomic mass is 16.1. The molecule has 0 spiro atoms. The summed E-state index contributed by atoms with van der Waals surface area (Å²) >= 11 is 0. The molecule has 0 saturated carbocycles. The van der Waals surface area contributed by atoms with E-state index in [1.165, 1.54) is 5.56 Å². The lowest BCUT2D eigenvalue weighted by molar-refractivity contribution is -0.129. The maximum Gasteiger partial charge on any atom is 0.146 e. The van der Waals surface area contributed by atoms with Crippen LogP contribution in [0, 0.1) is 5.92 Å². The molecule has 0 fully saturated rings. The summed E-state index contributed by atoms with van der Waals surface area (Å²) in [5, 5.41) is 0. The lowest BCUT2D eigenvalue weighted by Crippen LogP contribution is -2.39. The van der Waals surface area contributed by atoms with Crippen molar-refractivity contribution in [1.29, 1.82) is 0 Å². The third kappa shape index (κ3) is 2.66. The van der Waals surface area contributed by atoms with Crippen LogP contribution in [-0.2, 0) is 10.2 Å². The average Bonchev–Trinajstić information content (AvgIpc) is 2.43. The van der Waals surface area contributed by atoms with Gasteiger partial charge in [0.2, 0.25) is 0 Å². The highest BCUT2D eigenvalue weighted by molar-refractivity contribution is 5.92. The summed E-state index contributed by atoms with van der Waals surface area (Å²) in [6.07, 6.45) is 3.68. The third-order valence-electron chi connectivity index (χ3n) is 4.36. The molecule has 0 bridgehead atoms. The standard InChI is InChI=1S/C17H26O/c1-5-14(6-2)16(18)17(7-3,8-4)15-12-10-9-11-13-15/h9-14H,5-8H2,1-4H3. The van der Waals surface area contributed by atoms with Crippen molar-refractivity contribution in [2.75, 3.05) is 0 Å². The first-order valence-corrected chi connectivity index (χ1v) is 7.26. The van der Waals surface area contributed by atoms with Crippen molar-refractivity contribution >= 4 is 5.78 Å². The van der Waals surface area contributed by atoms with Gasteiger partial charge in [-0.25, -0.2) is 0 Å². The molecule has 1 heteroatoms. The van der Waals surface area contributed by atoms with Crippen molar-refractivity contribution in [2.24, 2.45) is 5.92 Å². The SMILES string of the molecule is CCC(CC)C(=O)C(CC)(CC)c1ccccc1. The quantitative estimate of drug-likeness (QED) is 0.678. The fourth-order valence-electron chi connectivity index (χ4n) is 2.96. The van der Waals surface area contributed by atoms with Gasteiger partial charge in [-0.05, 0) is 31.2 Å². The number of benzene rings is 1. The van der Waals surface area contributed by atoms with Gasteiger partial charge in [-0.15, -0.1) is 0 Å². The van der Waals surface area contributed by atoms with Crippen molar-refractivity contribution in [3.05, 3.63) is 35.9 Å². The molecule has 0 heterocycles. The fraction of sp³-hybridized carbons (Fsp3) is 0.588. The molecular weight excluding hydrogens is 220 g/mol. The Bertz CT molecular complexity index is 358. The Morgan fingerprint density at radius 1 is 1.00 bits per heavy atom. The Labute approximate surface area is 112 Å². The molecule has 18 heavy (non-hydrogen) atoms. The van der Waals surface area contributed by atoms with E-state index in [4.69, 9.17) is 0 Å². The van der Waals surface area contributed by atoms with E-state index in [9.17, 15) is 4.79 Å². The monoisotopic (exact) mass is 246 g/mol. The minimum absolute atomic E-state index is 0.199. The second-order valence-corrected chi connectivity index (χ2v) is 5.03. The summed E-state index contributed by atoms with van der Waals surface area (Å²) in [6.45, 7) is 8.51. The van der Waals surface area contributed by atoms with Crippen molar-refractivity contribution in [3.8, 4) is 0 Å². The van der Waals surface area contributed by atoms with Crippen molar-refractivity contribution in [3.63, 3.8) is 0 Å². The Kier molecular flexibility index (Phi) is 5.58. The van der Waals surface area contributed by atoms with Gasteiger partial charge < -0.3 is 0 Å². The van der Waals surface area contributed by atoms with Gasteiger partial charge in [-0.1, -0.05) is 58.0 Å². The van der Waals surface area contributed by atoms with Gasteiger partial charge in [0, 0.05) is 5.92 Å². The van der Waals surface area contributed by atoms with E-state index in [-0.39, 0.29) is 11.3 Å². The van der Waals surface area contributed by atoms with E-state index >= 15 is 0 Å². The van der Waals surface area contributed by atoms with E-state index in [1.54, 1.807) is 0 Å². The smallest absolute Gasteiger partial charge is 0.146 e. The van der Waals surface area contributed by atoms with Crippen LogP contribution in [0.5, 0.6) is 0 Å². The first-order chi connectivity index (χ1) is 8.66. The van der Waals surface area contributed by atoms with E-state index in [0.29, 0.717) is 5.78 Å². The largest absolute Gasteiger partial charge is 0.298 e. The van der Waals surface area contributed by atoms with Crippen LogP contribution in [0.3, 0.4) is 0 Å². The minimum atomic E-state index is -0.280. The van der Waals surface area contributed by atoms with E-state index in [0.717, 1.165) is 25.7 Å². The zero-order valence-electron chi connectivity index (χ0n) is 12.2. The number of ketones is 1. The number of hydrogen-bond donors (Lipinski definition) is 0. The summed E-state index contributed by atoms with van der Waals surface area (Å²) in [5.41, 5.74) is 0.907. The Morgan fingerprint density at radius 2 is 1.50 bits per heavy atom. The van der Waals surface area contributed by atoms with Gasteiger partial charge in [0.05, 0.1) is 5.41 Å². The number of rotatable bonds is 7. The van der Waals surface area contributed by atoms with Crippen LogP contribution in [0.15, 0.2) is 30.3 Å². The molecule has 0 radical (unpaired) electrons. The molecule has 0 saturated heterocycles. The zero-order chi connectivity index (χ0) is 13.6. The number of carbonyl (C=O) groups excluding carboxylic acids is 1. The predicted molar refractivity (Wildman–Crippen MR) is 77.8 cm³/mol. The normalized spacial score (nSPS) is 11.8. The number of hydrogen-bond acceptors (Lipinski definition) is 1. The van der Waals surface area contributed by atoms with E-state index in [2.05, 4.69) is 39.8 Å². The van der Waals surface area contributed by atoms with Crippen LogP contribution in [-0.4, -0.2) is 5.78 Å². The Morgan fingerprint density at radius 3 is 1.89 bits per heavy atom.